The Hall–Kier alpha value is -2.58. The Morgan fingerprint density at radius 3 is 2.23 bits per heavy atom. The Kier molecular flexibility index (Phi) is 6.59. The molecule has 2 rings (SSSR count). The van der Waals surface area contributed by atoms with Crippen molar-refractivity contribution in [3.8, 4) is 11.5 Å². The Bertz CT molecular complexity index is 864. The van der Waals surface area contributed by atoms with Crippen LogP contribution in [0, 0.1) is 0 Å². The SMILES string of the molecule is CNS(=O)(=O)Cc1ccc(CNC(=O)c2ccc(OC)cc2OC)cc1. The van der Waals surface area contributed by atoms with E-state index >= 15 is 0 Å². The number of hydrogen-bond donors (Lipinski definition) is 2. The van der Waals surface area contributed by atoms with E-state index in [4.69, 9.17) is 9.47 Å². The molecule has 7 nitrogen and oxygen atoms in total. The van der Waals surface area contributed by atoms with Crippen molar-refractivity contribution in [1.82, 2.24) is 10.0 Å². The van der Waals surface area contributed by atoms with Gasteiger partial charge in [0.05, 0.1) is 25.5 Å². The van der Waals surface area contributed by atoms with Crippen molar-refractivity contribution in [3.63, 3.8) is 0 Å². The standard InChI is InChI=1S/C18H22N2O5S/c1-19-26(22,23)12-14-6-4-13(5-7-14)11-20-18(21)16-9-8-15(24-2)10-17(16)25-3/h4-10,19H,11-12H2,1-3H3,(H,20,21). The van der Waals surface area contributed by atoms with Crippen molar-refractivity contribution in [2.75, 3.05) is 21.3 Å². The highest BCUT2D eigenvalue weighted by atomic mass is 32.2. The van der Waals surface area contributed by atoms with Crippen LogP contribution in [-0.2, 0) is 22.3 Å². The summed E-state index contributed by atoms with van der Waals surface area (Å²) in [5.41, 5.74) is 1.94. The molecule has 0 unspecified atom stereocenters. The van der Waals surface area contributed by atoms with Gasteiger partial charge in [0, 0.05) is 12.6 Å². The molecule has 0 heterocycles. The number of sulfonamides is 1. The van der Waals surface area contributed by atoms with Gasteiger partial charge in [-0.1, -0.05) is 24.3 Å². The van der Waals surface area contributed by atoms with Crippen LogP contribution < -0.4 is 19.5 Å². The van der Waals surface area contributed by atoms with Crippen LogP contribution in [0.4, 0.5) is 0 Å². The molecule has 2 aromatic carbocycles. The molecule has 0 radical (unpaired) electrons. The topological polar surface area (TPSA) is 93.7 Å². The second-order valence-electron chi connectivity index (χ2n) is 5.53. The molecule has 26 heavy (non-hydrogen) atoms. The summed E-state index contributed by atoms with van der Waals surface area (Å²) in [7, 11) is 1.11. The molecule has 2 N–H and O–H groups in total. The van der Waals surface area contributed by atoms with Crippen molar-refractivity contribution in [2.24, 2.45) is 0 Å². The van der Waals surface area contributed by atoms with Gasteiger partial charge < -0.3 is 14.8 Å². The molecule has 0 saturated carbocycles. The first-order valence-electron chi connectivity index (χ1n) is 7.88. The first kappa shape index (κ1) is 19.7. The number of benzene rings is 2. The molecule has 140 valence electrons. The molecule has 0 spiro atoms. The molecule has 0 bridgehead atoms. The van der Waals surface area contributed by atoms with Gasteiger partial charge in [0.25, 0.3) is 5.91 Å². The minimum atomic E-state index is -3.30. The number of rotatable bonds is 8. The van der Waals surface area contributed by atoms with Gasteiger partial charge in [-0.15, -0.1) is 0 Å². The van der Waals surface area contributed by atoms with E-state index < -0.39 is 10.0 Å². The van der Waals surface area contributed by atoms with Crippen LogP contribution in [0.1, 0.15) is 21.5 Å². The van der Waals surface area contributed by atoms with E-state index in [1.54, 1.807) is 49.6 Å². The van der Waals surface area contributed by atoms with Gasteiger partial charge in [-0.3, -0.25) is 4.79 Å². The Balaban J connectivity index is 2.01. The second-order valence-corrected chi connectivity index (χ2v) is 7.46. The average Bonchev–Trinajstić information content (AvgIpc) is 2.66. The maximum absolute atomic E-state index is 12.4. The van der Waals surface area contributed by atoms with Gasteiger partial charge in [0.2, 0.25) is 10.0 Å². The molecule has 0 saturated heterocycles. The first-order valence-corrected chi connectivity index (χ1v) is 9.53. The molecule has 0 aliphatic heterocycles. The summed E-state index contributed by atoms with van der Waals surface area (Å²) >= 11 is 0. The third kappa shape index (κ3) is 5.21. The van der Waals surface area contributed by atoms with Crippen molar-refractivity contribution < 1.29 is 22.7 Å². The van der Waals surface area contributed by atoms with Crippen LogP contribution in [0.2, 0.25) is 0 Å². The van der Waals surface area contributed by atoms with Crippen molar-refractivity contribution >= 4 is 15.9 Å². The Morgan fingerprint density at radius 2 is 1.65 bits per heavy atom. The van der Waals surface area contributed by atoms with Crippen molar-refractivity contribution in [1.29, 1.82) is 0 Å². The highest BCUT2D eigenvalue weighted by Crippen LogP contribution is 2.24. The minimum absolute atomic E-state index is 0.0841. The summed E-state index contributed by atoms with van der Waals surface area (Å²) in [6.45, 7) is 0.313. The number of carbonyl (C=O) groups excluding carboxylic acids is 1. The zero-order valence-corrected chi connectivity index (χ0v) is 15.7. The number of nitrogens with one attached hydrogen (secondary N) is 2. The average molecular weight is 378 g/mol. The molecule has 1 amide bonds. The van der Waals surface area contributed by atoms with E-state index in [9.17, 15) is 13.2 Å². The fourth-order valence-electron chi connectivity index (χ4n) is 2.31. The van der Waals surface area contributed by atoms with Crippen LogP contribution in [0.5, 0.6) is 11.5 Å². The predicted molar refractivity (Wildman–Crippen MR) is 98.8 cm³/mol. The molecule has 0 aliphatic rings. The summed E-state index contributed by atoms with van der Waals surface area (Å²) < 4.78 is 35.7. The van der Waals surface area contributed by atoms with Crippen molar-refractivity contribution in [2.45, 2.75) is 12.3 Å². The monoisotopic (exact) mass is 378 g/mol. The van der Waals surface area contributed by atoms with E-state index in [0.29, 0.717) is 29.2 Å². The number of carbonyl (C=O) groups is 1. The third-order valence-electron chi connectivity index (χ3n) is 3.80. The summed E-state index contributed by atoms with van der Waals surface area (Å²) in [5.74, 6) is 0.672. The highest BCUT2D eigenvalue weighted by Gasteiger charge is 2.13. The number of ether oxygens (including phenoxy) is 2. The van der Waals surface area contributed by atoms with Crippen LogP contribution in [0.15, 0.2) is 42.5 Å². The Labute approximate surface area is 153 Å². The molecule has 0 atom stereocenters. The zero-order valence-electron chi connectivity index (χ0n) is 14.9. The van der Waals surface area contributed by atoms with E-state index in [1.165, 1.54) is 14.2 Å². The van der Waals surface area contributed by atoms with Gasteiger partial charge >= 0.3 is 0 Å². The minimum Gasteiger partial charge on any atom is -0.497 e. The molecular formula is C18H22N2O5S. The number of methoxy groups -OCH3 is 2. The zero-order chi connectivity index (χ0) is 19.2. The van der Waals surface area contributed by atoms with Gasteiger partial charge in [-0.25, -0.2) is 13.1 Å². The predicted octanol–water partition coefficient (Wildman–Crippen LogP) is 1.68. The number of hydrogen-bond acceptors (Lipinski definition) is 5. The van der Waals surface area contributed by atoms with Gasteiger partial charge in [0.15, 0.2) is 0 Å². The fourth-order valence-corrected chi connectivity index (χ4v) is 3.08. The summed E-state index contributed by atoms with van der Waals surface area (Å²) in [4.78, 5) is 12.4. The molecule has 0 aliphatic carbocycles. The van der Waals surface area contributed by atoms with Crippen LogP contribution in [0.3, 0.4) is 0 Å². The van der Waals surface area contributed by atoms with Crippen LogP contribution >= 0.6 is 0 Å². The molecule has 8 heteroatoms. The van der Waals surface area contributed by atoms with Gasteiger partial charge in [-0.2, -0.15) is 0 Å². The second kappa shape index (κ2) is 8.68. The van der Waals surface area contributed by atoms with Crippen LogP contribution in [0.25, 0.3) is 0 Å². The fraction of sp³-hybridized carbons (Fsp3) is 0.278. The molecule has 2 aromatic rings. The maximum atomic E-state index is 12.4. The van der Waals surface area contributed by atoms with E-state index in [1.807, 2.05) is 0 Å². The largest absolute Gasteiger partial charge is 0.497 e. The smallest absolute Gasteiger partial charge is 0.255 e. The molecular weight excluding hydrogens is 356 g/mol. The van der Waals surface area contributed by atoms with Gasteiger partial charge in [-0.05, 0) is 30.3 Å². The first-order chi connectivity index (χ1) is 12.4. The third-order valence-corrected chi connectivity index (χ3v) is 5.13. The van der Waals surface area contributed by atoms with E-state index in [-0.39, 0.29) is 11.7 Å². The Morgan fingerprint density at radius 1 is 1.00 bits per heavy atom. The van der Waals surface area contributed by atoms with E-state index in [2.05, 4.69) is 10.0 Å². The van der Waals surface area contributed by atoms with Crippen molar-refractivity contribution in [3.05, 3.63) is 59.2 Å². The lowest BCUT2D eigenvalue weighted by Gasteiger charge is -2.11. The van der Waals surface area contributed by atoms with Gasteiger partial charge in [0.1, 0.15) is 11.5 Å². The lowest BCUT2D eigenvalue weighted by Crippen LogP contribution is -2.23. The molecule has 0 aromatic heterocycles. The number of amides is 1. The summed E-state index contributed by atoms with van der Waals surface area (Å²) in [6.07, 6.45) is 0. The quantitative estimate of drug-likeness (QED) is 0.729. The van der Waals surface area contributed by atoms with Crippen LogP contribution in [-0.4, -0.2) is 35.6 Å². The van der Waals surface area contributed by atoms with E-state index in [0.717, 1.165) is 5.56 Å². The highest BCUT2D eigenvalue weighted by molar-refractivity contribution is 7.88. The lowest BCUT2D eigenvalue weighted by molar-refractivity contribution is 0.0948. The summed E-state index contributed by atoms with van der Waals surface area (Å²) in [5, 5.41) is 2.82. The molecule has 0 fully saturated rings. The maximum Gasteiger partial charge on any atom is 0.255 e. The summed E-state index contributed by atoms with van der Waals surface area (Å²) in [6, 6.07) is 12.0. The normalized spacial score (nSPS) is 11.0. The lowest BCUT2D eigenvalue weighted by atomic mass is 10.1.